The number of carbonyl (C=O) groups is 2. The van der Waals surface area contributed by atoms with E-state index in [1.54, 1.807) is 9.80 Å². The Bertz CT molecular complexity index is 745. The van der Waals surface area contributed by atoms with Crippen LogP contribution in [0.4, 0.5) is 0 Å². The van der Waals surface area contributed by atoms with Crippen molar-refractivity contribution in [2.75, 3.05) is 33.3 Å². The fourth-order valence-electron chi connectivity index (χ4n) is 2.40. The number of halogens is 1. The highest BCUT2D eigenvalue weighted by atomic mass is 35.5. The van der Waals surface area contributed by atoms with Crippen LogP contribution in [0.1, 0.15) is 17.3 Å². The highest BCUT2D eigenvalue weighted by Crippen LogP contribution is 2.23. The first-order valence-corrected chi connectivity index (χ1v) is 9.01. The molecule has 0 radical (unpaired) electrons. The fraction of sp³-hybridized carbons (Fsp3) is 0.429. The average Bonchev–Trinajstić information content (AvgIpc) is 2.54. The monoisotopic (exact) mass is 375 g/mol. The predicted octanol–water partition coefficient (Wildman–Crippen LogP) is 0.484. The van der Waals surface area contributed by atoms with Gasteiger partial charge in [-0.15, -0.1) is 0 Å². The zero-order valence-corrected chi connectivity index (χ0v) is 14.9. The molecule has 1 saturated heterocycles. The second-order valence-corrected chi connectivity index (χ2v) is 7.25. The van der Waals surface area contributed by atoms with E-state index in [1.165, 1.54) is 25.1 Å². The molecule has 1 N–H and O–H groups in total. The van der Waals surface area contributed by atoms with E-state index in [2.05, 4.69) is 4.84 Å². The van der Waals surface area contributed by atoms with Gasteiger partial charge in [0, 0.05) is 38.7 Å². The molecule has 2 amide bonds. The highest BCUT2D eigenvalue weighted by molar-refractivity contribution is 7.89. The van der Waals surface area contributed by atoms with Gasteiger partial charge in [0.15, 0.2) is 0 Å². The fourth-order valence-corrected chi connectivity index (χ4v) is 3.74. The molecular weight excluding hydrogens is 358 g/mol. The van der Waals surface area contributed by atoms with Gasteiger partial charge >= 0.3 is 0 Å². The summed E-state index contributed by atoms with van der Waals surface area (Å²) in [5.41, 5.74) is 0.201. The number of rotatable bonds is 4. The average molecular weight is 376 g/mol. The Morgan fingerprint density at radius 1 is 1.17 bits per heavy atom. The van der Waals surface area contributed by atoms with Gasteiger partial charge < -0.3 is 9.80 Å². The minimum Gasteiger partial charge on any atom is -0.339 e. The Morgan fingerprint density at radius 3 is 2.29 bits per heavy atom. The normalized spacial score (nSPS) is 15.5. The van der Waals surface area contributed by atoms with Crippen LogP contribution < -0.4 is 4.89 Å². The van der Waals surface area contributed by atoms with Crippen LogP contribution in [0.3, 0.4) is 0 Å². The van der Waals surface area contributed by atoms with Gasteiger partial charge in [0.2, 0.25) is 5.91 Å². The maximum absolute atomic E-state index is 12.6. The molecule has 8 nitrogen and oxygen atoms in total. The molecule has 0 atom stereocenters. The Balaban J connectivity index is 2.21. The van der Waals surface area contributed by atoms with E-state index >= 15 is 0 Å². The van der Waals surface area contributed by atoms with Crippen molar-refractivity contribution in [3.63, 3.8) is 0 Å². The summed E-state index contributed by atoms with van der Waals surface area (Å²) in [4.78, 5) is 33.2. The van der Waals surface area contributed by atoms with Crippen molar-refractivity contribution in [1.82, 2.24) is 14.7 Å². The van der Waals surface area contributed by atoms with Crippen LogP contribution in [0.25, 0.3) is 0 Å². The molecule has 24 heavy (non-hydrogen) atoms. The molecule has 0 spiro atoms. The lowest BCUT2D eigenvalue weighted by Crippen LogP contribution is -2.50. The maximum Gasteiger partial charge on any atom is 0.263 e. The number of hydrogen-bond acceptors (Lipinski definition) is 5. The number of sulfonamides is 1. The Kier molecular flexibility index (Phi) is 5.81. The highest BCUT2D eigenvalue weighted by Gasteiger charge is 2.25. The number of carbonyl (C=O) groups excluding carboxylic acids is 2. The van der Waals surface area contributed by atoms with Crippen molar-refractivity contribution >= 4 is 33.4 Å². The second-order valence-electron chi connectivity index (χ2n) is 5.23. The topological polar surface area (TPSA) is 96.0 Å². The molecule has 0 aliphatic carbocycles. The zero-order valence-electron chi connectivity index (χ0n) is 13.3. The Hall–Kier alpha value is -1.68. The van der Waals surface area contributed by atoms with E-state index in [0.29, 0.717) is 26.2 Å². The number of hydrogen-bond donors (Lipinski definition) is 1. The van der Waals surface area contributed by atoms with Gasteiger partial charge in [-0.2, -0.15) is 0 Å². The Labute approximate surface area is 145 Å². The van der Waals surface area contributed by atoms with Gasteiger partial charge in [0.25, 0.3) is 15.9 Å². The van der Waals surface area contributed by atoms with Crippen molar-refractivity contribution < 1.29 is 22.8 Å². The van der Waals surface area contributed by atoms with Crippen LogP contribution >= 0.6 is 11.6 Å². The molecule has 1 heterocycles. The first kappa shape index (κ1) is 18.7. The van der Waals surface area contributed by atoms with Gasteiger partial charge in [0.05, 0.1) is 12.1 Å². The molecule has 0 saturated carbocycles. The SMILES string of the molecule is CONS(=O)(=O)c1cc(C(=O)N2CCN(C(C)=O)CC2)ccc1Cl. The number of nitrogens with one attached hydrogen (secondary N) is 1. The molecule has 1 aromatic rings. The first-order chi connectivity index (χ1) is 11.3. The summed E-state index contributed by atoms with van der Waals surface area (Å²) in [5, 5.41) is -0.0162. The second kappa shape index (κ2) is 7.47. The molecule has 1 fully saturated rings. The van der Waals surface area contributed by atoms with E-state index < -0.39 is 10.0 Å². The molecule has 1 aliphatic rings. The third kappa shape index (κ3) is 4.04. The Morgan fingerprint density at radius 2 is 1.75 bits per heavy atom. The van der Waals surface area contributed by atoms with E-state index in [4.69, 9.17) is 11.6 Å². The van der Waals surface area contributed by atoms with Gasteiger partial charge in [-0.25, -0.2) is 8.42 Å². The van der Waals surface area contributed by atoms with E-state index in [1.807, 2.05) is 4.89 Å². The van der Waals surface area contributed by atoms with E-state index in [9.17, 15) is 18.0 Å². The number of nitrogens with zero attached hydrogens (tertiary/aromatic N) is 2. The summed E-state index contributed by atoms with van der Waals surface area (Å²) in [6.45, 7) is 3.16. The van der Waals surface area contributed by atoms with Crippen LogP contribution in [0, 0.1) is 0 Å². The molecule has 132 valence electrons. The molecule has 0 bridgehead atoms. The molecule has 1 aliphatic heterocycles. The van der Waals surface area contributed by atoms with Crippen molar-refractivity contribution in [3.05, 3.63) is 28.8 Å². The van der Waals surface area contributed by atoms with Gasteiger partial charge in [0.1, 0.15) is 4.90 Å². The molecule has 10 heteroatoms. The molecule has 2 rings (SSSR count). The van der Waals surface area contributed by atoms with Crippen LogP contribution in [0.5, 0.6) is 0 Å². The van der Waals surface area contributed by atoms with Crippen LogP contribution in [0.2, 0.25) is 5.02 Å². The van der Waals surface area contributed by atoms with Crippen LogP contribution in [0.15, 0.2) is 23.1 Å². The molecular formula is C14H18ClN3O5S. The maximum atomic E-state index is 12.6. The van der Waals surface area contributed by atoms with E-state index in [-0.39, 0.29) is 27.3 Å². The summed E-state index contributed by atoms with van der Waals surface area (Å²) in [6, 6.07) is 4.03. The summed E-state index contributed by atoms with van der Waals surface area (Å²) in [5.74, 6) is -0.351. The summed E-state index contributed by atoms with van der Waals surface area (Å²) >= 11 is 5.92. The zero-order chi connectivity index (χ0) is 17.9. The van der Waals surface area contributed by atoms with Gasteiger partial charge in [-0.1, -0.05) is 16.5 Å². The summed E-state index contributed by atoms with van der Waals surface area (Å²) in [6.07, 6.45) is 0. The van der Waals surface area contributed by atoms with Gasteiger partial charge in [-0.3, -0.25) is 14.4 Å². The van der Waals surface area contributed by atoms with Crippen LogP contribution in [-0.2, 0) is 19.7 Å². The van der Waals surface area contributed by atoms with Crippen molar-refractivity contribution in [2.45, 2.75) is 11.8 Å². The van der Waals surface area contributed by atoms with Crippen molar-refractivity contribution in [2.24, 2.45) is 0 Å². The minimum atomic E-state index is -3.98. The summed E-state index contributed by atoms with van der Waals surface area (Å²) in [7, 11) is -2.81. The van der Waals surface area contributed by atoms with E-state index in [0.717, 1.165) is 7.11 Å². The first-order valence-electron chi connectivity index (χ1n) is 7.15. The third-order valence-electron chi connectivity index (χ3n) is 3.67. The molecule has 0 aromatic heterocycles. The third-order valence-corrected chi connectivity index (χ3v) is 5.42. The lowest BCUT2D eigenvalue weighted by molar-refractivity contribution is -0.130. The van der Waals surface area contributed by atoms with Crippen molar-refractivity contribution in [1.29, 1.82) is 0 Å². The molecule has 0 unspecified atom stereocenters. The van der Waals surface area contributed by atoms with Crippen LogP contribution in [-0.4, -0.2) is 63.3 Å². The number of amides is 2. The minimum absolute atomic E-state index is 0.0162. The number of piperazine rings is 1. The summed E-state index contributed by atoms with van der Waals surface area (Å²) < 4.78 is 24.1. The quantitative estimate of drug-likeness (QED) is 0.772. The number of benzene rings is 1. The van der Waals surface area contributed by atoms with Crippen molar-refractivity contribution in [3.8, 4) is 0 Å². The smallest absolute Gasteiger partial charge is 0.263 e. The predicted molar refractivity (Wildman–Crippen MR) is 86.9 cm³/mol. The standard InChI is InChI=1S/C14H18ClN3O5S/c1-10(19)17-5-7-18(8-6-17)14(20)11-3-4-12(15)13(9-11)24(21,22)16-23-2/h3-4,9,16H,5-8H2,1-2H3. The lowest BCUT2D eigenvalue weighted by atomic mass is 10.2. The largest absolute Gasteiger partial charge is 0.339 e. The molecule has 1 aromatic carbocycles. The van der Waals surface area contributed by atoms with Gasteiger partial charge in [-0.05, 0) is 18.2 Å². The lowest BCUT2D eigenvalue weighted by Gasteiger charge is -2.34.